The Bertz CT molecular complexity index is 351. The number of nitrogens with one attached hydrogen (secondary N) is 1. The molecule has 0 aromatic rings. The van der Waals surface area contributed by atoms with Gasteiger partial charge in [-0.25, -0.2) is 4.79 Å². The third-order valence-electron chi connectivity index (χ3n) is 4.79. The van der Waals surface area contributed by atoms with Crippen LogP contribution in [0.3, 0.4) is 0 Å². The van der Waals surface area contributed by atoms with E-state index in [1.54, 1.807) is 4.90 Å². The van der Waals surface area contributed by atoms with Crippen LogP contribution in [-0.2, 0) is 4.79 Å². The van der Waals surface area contributed by atoms with Crippen molar-refractivity contribution < 1.29 is 14.7 Å². The summed E-state index contributed by atoms with van der Waals surface area (Å²) in [6, 6.07) is 0.307. The Labute approximate surface area is 120 Å². The minimum atomic E-state index is -0.768. The van der Waals surface area contributed by atoms with Crippen molar-refractivity contribution in [3.63, 3.8) is 0 Å². The molecular weight excluding hydrogens is 256 g/mol. The van der Waals surface area contributed by atoms with Crippen LogP contribution in [0.4, 0.5) is 4.79 Å². The lowest BCUT2D eigenvalue weighted by Gasteiger charge is -2.30. The van der Waals surface area contributed by atoms with Gasteiger partial charge in [-0.3, -0.25) is 4.79 Å². The first-order chi connectivity index (χ1) is 9.58. The first-order valence-electron chi connectivity index (χ1n) is 7.85. The normalized spacial score (nSPS) is 30.2. The molecule has 0 aromatic heterocycles. The number of nitrogens with zero attached hydrogens (tertiary/aromatic N) is 1. The van der Waals surface area contributed by atoms with Gasteiger partial charge in [-0.05, 0) is 43.9 Å². The lowest BCUT2D eigenvalue weighted by atomic mass is 9.84. The number of amides is 2. The van der Waals surface area contributed by atoms with Gasteiger partial charge in [-0.1, -0.05) is 13.3 Å². The van der Waals surface area contributed by atoms with Crippen LogP contribution in [0.25, 0.3) is 0 Å². The Morgan fingerprint density at radius 2 is 1.85 bits per heavy atom. The van der Waals surface area contributed by atoms with E-state index in [9.17, 15) is 9.59 Å². The zero-order valence-electron chi connectivity index (χ0n) is 12.3. The highest BCUT2D eigenvalue weighted by atomic mass is 16.4. The molecule has 0 radical (unpaired) electrons. The largest absolute Gasteiger partial charge is 0.481 e. The molecule has 20 heavy (non-hydrogen) atoms. The van der Waals surface area contributed by atoms with Crippen molar-refractivity contribution in [2.75, 3.05) is 13.1 Å². The molecule has 1 aliphatic heterocycles. The lowest BCUT2D eigenvalue weighted by Crippen LogP contribution is -2.45. The van der Waals surface area contributed by atoms with Gasteiger partial charge in [0.05, 0.1) is 0 Å². The second-order valence-electron chi connectivity index (χ2n) is 6.27. The van der Waals surface area contributed by atoms with E-state index in [0.29, 0.717) is 19.1 Å². The molecule has 1 atom stereocenters. The van der Waals surface area contributed by atoms with E-state index in [1.165, 1.54) is 19.3 Å². The summed E-state index contributed by atoms with van der Waals surface area (Å²) in [7, 11) is 0. The maximum Gasteiger partial charge on any atom is 0.317 e. The minimum absolute atomic E-state index is 0.00200. The van der Waals surface area contributed by atoms with E-state index in [1.807, 2.05) is 0 Å². The quantitative estimate of drug-likeness (QED) is 0.832. The molecule has 0 spiro atoms. The smallest absolute Gasteiger partial charge is 0.317 e. The van der Waals surface area contributed by atoms with Gasteiger partial charge in [-0.2, -0.15) is 0 Å². The van der Waals surface area contributed by atoms with Gasteiger partial charge >= 0.3 is 12.0 Å². The molecule has 1 saturated heterocycles. The predicted molar refractivity (Wildman–Crippen MR) is 76.5 cm³/mol. The molecule has 2 fully saturated rings. The molecule has 1 unspecified atom stereocenters. The Morgan fingerprint density at radius 3 is 2.45 bits per heavy atom. The van der Waals surface area contributed by atoms with Crippen LogP contribution < -0.4 is 5.32 Å². The molecule has 0 bridgehead atoms. The molecule has 0 aromatic carbocycles. The van der Waals surface area contributed by atoms with E-state index < -0.39 is 5.97 Å². The summed E-state index contributed by atoms with van der Waals surface area (Å²) in [6.45, 7) is 3.51. The predicted octanol–water partition coefficient (Wildman–Crippen LogP) is 2.46. The third-order valence-corrected chi connectivity index (χ3v) is 4.79. The molecular formula is C15H26N2O3. The highest BCUT2D eigenvalue weighted by Gasteiger charge is 2.29. The molecule has 2 amide bonds. The Balaban J connectivity index is 1.72. The first kappa shape index (κ1) is 15.1. The van der Waals surface area contributed by atoms with Crippen LogP contribution in [0, 0.1) is 11.8 Å². The van der Waals surface area contributed by atoms with Crippen LogP contribution in [0.1, 0.15) is 51.9 Å². The van der Waals surface area contributed by atoms with Crippen molar-refractivity contribution >= 4 is 12.0 Å². The van der Waals surface area contributed by atoms with E-state index in [2.05, 4.69) is 12.2 Å². The number of urea groups is 1. The number of rotatable bonds is 4. The zero-order valence-corrected chi connectivity index (χ0v) is 12.3. The number of carboxylic acid groups (broad SMARTS) is 1. The summed E-state index contributed by atoms with van der Waals surface area (Å²) in [5.41, 5.74) is 0. The Hall–Kier alpha value is -1.26. The summed E-state index contributed by atoms with van der Waals surface area (Å²) in [5, 5.41) is 11.9. The number of carbonyl (C=O) groups is 2. The van der Waals surface area contributed by atoms with E-state index in [0.717, 1.165) is 25.2 Å². The second kappa shape index (κ2) is 6.95. The molecule has 1 saturated carbocycles. The summed E-state index contributed by atoms with van der Waals surface area (Å²) in [4.78, 5) is 24.6. The Morgan fingerprint density at radius 1 is 1.15 bits per heavy atom. The van der Waals surface area contributed by atoms with Crippen LogP contribution in [-0.4, -0.2) is 41.1 Å². The summed E-state index contributed by atoms with van der Waals surface area (Å²) < 4.78 is 0. The van der Waals surface area contributed by atoms with Gasteiger partial charge in [0.15, 0.2) is 0 Å². The minimum Gasteiger partial charge on any atom is -0.481 e. The van der Waals surface area contributed by atoms with Gasteiger partial charge in [0, 0.05) is 25.6 Å². The third kappa shape index (κ3) is 4.12. The number of carbonyl (C=O) groups excluding carboxylic acids is 1. The average Bonchev–Trinajstić information content (AvgIpc) is 2.87. The maximum atomic E-state index is 12.2. The fourth-order valence-electron chi connectivity index (χ4n) is 3.41. The van der Waals surface area contributed by atoms with Crippen molar-refractivity contribution in [2.24, 2.45) is 11.8 Å². The van der Waals surface area contributed by atoms with Gasteiger partial charge in [-0.15, -0.1) is 0 Å². The van der Waals surface area contributed by atoms with Gasteiger partial charge in [0.25, 0.3) is 0 Å². The highest BCUT2D eigenvalue weighted by Crippen LogP contribution is 2.27. The molecule has 5 nitrogen and oxygen atoms in total. The van der Waals surface area contributed by atoms with Crippen molar-refractivity contribution in [1.29, 1.82) is 0 Å². The van der Waals surface area contributed by atoms with E-state index in [4.69, 9.17) is 5.11 Å². The number of likely N-dealkylation sites (tertiary alicyclic amines) is 1. The number of aliphatic carboxylic acids is 1. The van der Waals surface area contributed by atoms with Crippen LogP contribution in [0.5, 0.6) is 0 Å². The standard InChI is InChI=1S/C15H26N2O3/c1-2-11-3-5-13(6-4-11)16-15(20)17-8-7-12(10-17)9-14(18)19/h11-13H,2-10H2,1H3,(H,16,20)(H,18,19). The summed E-state index contributed by atoms with van der Waals surface area (Å²) >= 11 is 0. The molecule has 5 heteroatoms. The molecule has 1 heterocycles. The molecule has 2 aliphatic rings. The fourth-order valence-corrected chi connectivity index (χ4v) is 3.41. The van der Waals surface area contributed by atoms with Crippen LogP contribution in [0.2, 0.25) is 0 Å². The maximum absolute atomic E-state index is 12.2. The topological polar surface area (TPSA) is 69.6 Å². The van der Waals surface area contributed by atoms with Crippen molar-refractivity contribution in [2.45, 2.75) is 57.9 Å². The monoisotopic (exact) mass is 282 g/mol. The van der Waals surface area contributed by atoms with Crippen LogP contribution >= 0.6 is 0 Å². The van der Waals surface area contributed by atoms with Gasteiger partial charge < -0.3 is 15.3 Å². The summed E-state index contributed by atoms with van der Waals surface area (Å²) in [5.74, 6) is 0.180. The van der Waals surface area contributed by atoms with Crippen molar-refractivity contribution in [1.82, 2.24) is 10.2 Å². The zero-order chi connectivity index (χ0) is 14.5. The van der Waals surface area contributed by atoms with Crippen molar-refractivity contribution in [3.8, 4) is 0 Å². The average molecular weight is 282 g/mol. The number of hydrogen-bond donors (Lipinski definition) is 2. The van der Waals surface area contributed by atoms with E-state index >= 15 is 0 Å². The van der Waals surface area contributed by atoms with E-state index in [-0.39, 0.29) is 18.4 Å². The first-order valence-corrected chi connectivity index (χ1v) is 7.85. The molecule has 114 valence electrons. The van der Waals surface area contributed by atoms with Gasteiger partial charge in [0.1, 0.15) is 0 Å². The second-order valence-corrected chi connectivity index (χ2v) is 6.27. The highest BCUT2D eigenvalue weighted by molar-refractivity contribution is 5.75. The molecule has 2 rings (SSSR count). The van der Waals surface area contributed by atoms with Gasteiger partial charge in [0.2, 0.25) is 0 Å². The molecule has 1 aliphatic carbocycles. The van der Waals surface area contributed by atoms with Crippen LogP contribution in [0.15, 0.2) is 0 Å². The lowest BCUT2D eigenvalue weighted by molar-refractivity contribution is -0.138. The summed E-state index contributed by atoms with van der Waals surface area (Å²) in [6.07, 6.45) is 6.80. The van der Waals surface area contributed by atoms with Crippen molar-refractivity contribution in [3.05, 3.63) is 0 Å². The Kier molecular flexibility index (Phi) is 5.26. The fraction of sp³-hybridized carbons (Fsp3) is 0.867. The SMILES string of the molecule is CCC1CCC(NC(=O)N2CCC(CC(=O)O)C2)CC1. The number of hydrogen-bond acceptors (Lipinski definition) is 2. The molecule has 2 N–H and O–H groups in total. The number of carboxylic acids is 1.